The molecule has 0 unspecified atom stereocenters. The number of benzene rings is 1. The molecule has 0 saturated carbocycles. The number of hydrogen-bond acceptors (Lipinski definition) is 2. The number of carbonyl (C=O) groups excluding carboxylic acids is 1. The Morgan fingerprint density at radius 1 is 1.30 bits per heavy atom. The summed E-state index contributed by atoms with van der Waals surface area (Å²) in [5, 5.41) is 11.3. The van der Waals surface area contributed by atoms with Crippen LogP contribution in [0.25, 0.3) is 0 Å². The molecule has 1 aromatic carbocycles. The highest BCUT2D eigenvalue weighted by molar-refractivity contribution is 5.74. The molecule has 1 rings (SSSR count). The minimum absolute atomic E-state index is 0.0931. The first-order valence-corrected chi connectivity index (χ1v) is 5.96. The summed E-state index contributed by atoms with van der Waals surface area (Å²) in [7, 11) is 1.27. The Kier molecular flexibility index (Phi) is 5.89. The minimum atomic E-state index is -2.59. The van der Waals surface area contributed by atoms with Crippen molar-refractivity contribution in [2.45, 2.75) is 19.4 Å². The van der Waals surface area contributed by atoms with Gasteiger partial charge in [0.05, 0.1) is 13.0 Å². The number of carboxylic acid groups (broad SMARTS) is 1. The van der Waals surface area contributed by atoms with Gasteiger partial charge in [0.25, 0.3) is 6.43 Å². The van der Waals surface area contributed by atoms with E-state index in [4.69, 9.17) is 5.11 Å². The maximum atomic E-state index is 12.1. The molecule has 20 heavy (non-hydrogen) atoms. The monoisotopic (exact) mass is 286 g/mol. The number of carboxylic acids is 1. The van der Waals surface area contributed by atoms with Crippen LogP contribution in [0.5, 0.6) is 0 Å². The Balaban J connectivity index is 2.61. The van der Waals surface area contributed by atoms with Crippen molar-refractivity contribution >= 4 is 12.0 Å². The number of nitrogens with zero attached hydrogens (tertiary/aromatic N) is 1. The van der Waals surface area contributed by atoms with Crippen LogP contribution in [0.1, 0.15) is 11.1 Å². The van der Waals surface area contributed by atoms with Gasteiger partial charge in [-0.3, -0.25) is 4.79 Å². The number of carbonyl (C=O) groups is 2. The first-order valence-electron chi connectivity index (χ1n) is 5.96. The van der Waals surface area contributed by atoms with Gasteiger partial charge < -0.3 is 15.3 Å². The summed E-state index contributed by atoms with van der Waals surface area (Å²) >= 11 is 0. The average Bonchev–Trinajstić information content (AvgIpc) is 2.35. The number of nitrogens with one attached hydrogen (secondary N) is 1. The van der Waals surface area contributed by atoms with Gasteiger partial charge in [-0.15, -0.1) is 0 Å². The Hall–Kier alpha value is -2.18. The lowest BCUT2D eigenvalue weighted by atomic mass is 10.0. The highest BCUT2D eigenvalue weighted by atomic mass is 19.3. The molecule has 0 spiro atoms. The van der Waals surface area contributed by atoms with Crippen molar-refractivity contribution in [1.29, 1.82) is 0 Å². The van der Waals surface area contributed by atoms with Gasteiger partial charge in [0.1, 0.15) is 0 Å². The molecule has 0 saturated heterocycles. The molecule has 0 aromatic heterocycles. The van der Waals surface area contributed by atoms with Crippen LogP contribution in [-0.4, -0.2) is 42.0 Å². The van der Waals surface area contributed by atoms with Gasteiger partial charge in [0, 0.05) is 13.6 Å². The predicted octanol–water partition coefficient (Wildman–Crippen LogP) is 1.72. The fourth-order valence-corrected chi connectivity index (χ4v) is 1.66. The van der Waals surface area contributed by atoms with E-state index < -0.39 is 25.0 Å². The normalized spacial score (nSPS) is 10.4. The van der Waals surface area contributed by atoms with Crippen LogP contribution in [0.2, 0.25) is 0 Å². The first-order chi connectivity index (χ1) is 9.40. The quantitative estimate of drug-likeness (QED) is 0.836. The molecule has 2 N–H and O–H groups in total. The highest BCUT2D eigenvalue weighted by Gasteiger charge is 2.14. The second-order valence-electron chi connectivity index (χ2n) is 4.27. The topological polar surface area (TPSA) is 69.6 Å². The van der Waals surface area contributed by atoms with E-state index in [0.717, 1.165) is 4.90 Å². The predicted molar refractivity (Wildman–Crippen MR) is 68.7 cm³/mol. The van der Waals surface area contributed by atoms with Crippen LogP contribution in [0.3, 0.4) is 0 Å². The molecule has 110 valence electrons. The Bertz CT molecular complexity index is 480. The number of aliphatic carboxylic acids is 1. The number of halogens is 2. The van der Waals surface area contributed by atoms with Crippen molar-refractivity contribution in [2.75, 3.05) is 13.6 Å². The zero-order valence-corrected chi connectivity index (χ0v) is 11.0. The molecule has 0 radical (unpaired) electrons. The van der Waals surface area contributed by atoms with Crippen LogP contribution < -0.4 is 5.32 Å². The fraction of sp³-hybridized carbons (Fsp3) is 0.385. The zero-order valence-electron chi connectivity index (χ0n) is 11.0. The zero-order chi connectivity index (χ0) is 15.1. The largest absolute Gasteiger partial charge is 0.481 e. The molecular weight excluding hydrogens is 270 g/mol. The lowest BCUT2D eigenvalue weighted by Crippen LogP contribution is -2.39. The van der Waals surface area contributed by atoms with Crippen molar-refractivity contribution in [3.63, 3.8) is 0 Å². The molecule has 7 heteroatoms. The molecular formula is C13H16F2N2O3. The van der Waals surface area contributed by atoms with Crippen molar-refractivity contribution < 1.29 is 23.5 Å². The molecule has 5 nitrogen and oxygen atoms in total. The first kappa shape index (κ1) is 15.9. The summed E-state index contributed by atoms with van der Waals surface area (Å²) in [6.07, 6.45) is -2.75. The Morgan fingerprint density at radius 3 is 2.45 bits per heavy atom. The molecule has 0 aliphatic carbocycles. The number of alkyl halides is 2. The van der Waals surface area contributed by atoms with E-state index >= 15 is 0 Å². The van der Waals surface area contributed by atoms with Crippen molar-refractivity contribution in [1.82, 2.24) is 10.2 Å². The van der Waals surface area contributed by atoms with E-state index in [1.165, 1.54) is 7.05 Å². The van der Waals surface area contributed by atoms with Crippen LogP contribution in [0.15, 0.2) is 24.3 Å². The van der Waals surface area contributed by atoms with Gasteiger partial charge in [0.15, 0.2) is 0 Å². The van der Waals surface area contributed by atoms with E-state index in [1.807, 2.05) is 0 Å². The van der Waals surface area contributed by atoms with E-state index in [-0.39, 0.29) is 13.0 Å². The van der Waals surface area contributed by atoms with E-state index in [0.29, 0.717) is 11.1 Å². The number of hydrogen-bond donors (Lipinski definition) is 2. The second-order valence-corrected chi connectivity index (χ2v) is 4.27. The van der Waals surface area contributed by atoms with Gasteiger partial charge in [-0.2, -0.15) is 0 Å². The molecule has 0 aliphatic heterocycles. The summed E-state index contributed by atoms with van der Waals surface area (Å²) in [6.45, 7) is -0.557. The standard InChI is InChI=1S/C13H16F2N2O3/c1-17(8-11(14)15)13(20)16-7-10-5-3-2-4-9(10)6-12(18)19/h2-5,11H,6-8H2,1H3,(H,16,20)(H,18,19). The van der Waals surface area contributed by atoms with Gasteiger partial charge in [-0.1, -0.05) is 24.3 Å². The molecule has 2 amide bonds. The van der Waals surface area contributed by atoms with Crippen LogP contribution in [-0.2, 0) is 17.8 Å². The fourth-order valence-electron chi connectivity index (χ4n) is 1.66. The summed E-state index contributed by atoms with van der Waals surface area (Å²) in [4.78, 5) is 23.1. The molecule has 0 aliphatic rings. The average molecular weight is 286 g/mol. The van der Waals surface area contributed by atoms with Crippen molar-refractivity contribution in [3.05, 3.63) is 35.4 Å². The third-order valence-corrected chi connectivity index (χ3v) is 2.65. The highest BCUT2D eigenvalue weighted by Crippen LogP contribution is 2.09. The summed E-state index contributed by atoms with van der Waals surface area (Å²) in [5.41, 5.74) is 1.23. The molecule has 0 atom stereocenters. The Labute approximate surface area is 115 Å². The smallest absolute Gasteiger partial charge is 0.317 e. The minimum Gasteiger partial charge on any atom is -0.481 e. The third kappa shape index (κ3) is 5.21. The molecule has 0 heterocycles. The SMILES string of the molecule is CN(CC(F)F)C(=O)NCc1ccccc1CC(=O)O. The summed E-state index contributed by atoms with van der Waals surface area (Å²) in [5.74, 6) is -0.974. The molecule has 0 fully saturated rings. The van der Waals surface area contributed by atoms with Crippen LogP contribution >= 0.6 is 0 Å². The van der Waals surface area contributed by atoms with Crippen molar-refractivity contribution in [2.24, 2.45) is 0 Å². The number of amides is 2. The van der Waals surface area contributed by atoms with E-state index in [9.17, 15) is 18.4 Å². The van der Waals surface area contributed by atoms with E-state index in [2.05, 4.69) is 5.32 Å². The van der Waals surface area contributed by atoms with Gasteiger partial charge in [-0.25, -0.2) is 13.6 Å². The van der Waals surface area contributed by atoms with Crippen LogP contribution in [0.4, 0.5) is 13.6 Å². The lowest BCUT2D eigenvalue weighted by Gasteiger charge is -2.18. The summed E-state index contributed by atoms with van der Waals surface area (Å²) < 4.78 is 24.3. The molecule has 0 bridgehead atoms. The van der Waals surface area contributed by atoms with E-state index in [1.54, 1.807) is 24.3 Å². The van der Waals surface area contributed by atoms with Crippen molar-refractivity contribution in [3.8, 4) is 0 Å². The number of rotatable bonds is 6. The van der Waals surface area contributed by atoms with Gasteiger partial charge in [0.2, 0.25) is 0 Å². The Morgan fingerprint density at radius 2 is 1.90 bits per heavy atom. The van der Waals surface area contributed by atoms with Gasteiger partial charge >= 0.3 is 12.0 Å². The second kappa shape index (κ2) is 7.42. The van der Waals surface area contributed by atoms with Crippen LogP contribution in [0, 0.1) is 0 Å². The number of urea groups is 1. The lowest BCUT2D eigenvalue weighted by molar-refractivity contribution is -0.136. The van der Waals surface area contributed by atoms with Gasteiger partial charge in [-0.05, 0) is 11.1 Å². The third-order valence-electron chi connectivity index (χ3n) is 2.65. The maximum Gasteiger partial charge on any atom is 0.317 e. The molecule has 1 aromatic rings. The summed E-state index contributed by atoms with van der Waals surface area (Å²) in [6, 6.07) is 6.13. The maximum absolute atomic E-state index is 12.1.